The number of nitrogens with zero attached hydrogens (tertiary/aromatic N) is 3. The molecule has 1 aliphatic rings. The quantitative estimate of drug-likeness (QED) is 0.903. The molecule has 1 aromatic carbocycles. The lowest BCUT2D eigenvalue weighted by molar-refractivity contribution is 0.0980. The third-order valence-corrected chi connectivity index (χ3v) is 5.44. The molecule has 0 fully saturated rings. The standard InChI is InChI=1S/C15H14N4O2S2/c1-9-12(23-15(21)19(9)2)13(20)16-14-18-17-11(8-22-14)10-6-4-3-5-7-10/h3-7H,8H2,1-2H3,(H,16,18,20). The van der Waals surface area contributed by atoms with Gasteiger partial charge in [0, 0.05) is 18.5 Å². The molecule has 0 radical (unpaired) electrons. The highest BCUT2D eigenvalue weighted by Gasteiger charge is 2.19. The molecule has 0 saturated heterocycles. The minimum Gasteiger partial charge on any atom is -0.306 e. The van der Waals surface area contributed by atoms with Crippen molar-refractivity contribution in [3.8, 4) is 0 Å². The highest BCUT2D eigenvalue weighted by Crippen LogP contribution is 2.16. The summed E-state index contributed by atoms with van der Waals surface area (Å²) in [4.78, 5) is 24.1. The van der Waals surface area contributed by atoms with E-state index in [-0.39, 0.29) is 10.8 Å². The Kier molecular flexibility index (Phi) is 4.44. The van der Waals surface area contributed by atoms with E-state index in [9.17, 15) is 9.59 Å². The van der Waals surface area contributed by atoms with Gasteiger partial charge in [-0.2, -0.15) is 5.10 Å². The summed E-state index contributed by atoms with van der Waals surface area (Å²) < 4.78 is 1.46. The Balaban J connectivity index is 1.75. The molecule has 23 heavy (non-hydrogen) atoms. The van der Waals surface area contributed by atoms with E-state index in [1.54, 1.807) is 14.0 Å². The molecule has 1 aliphatic heterocycles. The van der Waals surface area contributed by atoms with Crippen molar-refractivity contribution >= 4 is 39.9 Å². The summed E-state index contributed by atoms with van der Waals surface area (Å²) in [5.74, 6) is 0.308. The molecule has 0 aliphatic carbocycles. The molecule has 1 aromatic heterocycles. The lowest BCUT2D eigenvalue weighted by Gasteiger charge is -2.12. The minimum atomic E-state index is -0.324. The van der Waals surface area contributed by atoms with E-state index in [0.717, 1.165) is 22.6 Å². The average Bonchev–Trinajstić information content (AvgIpc) is 2.84. The van der Waals surface area contributed by atoms with Gasteiger partial charge in [-0.3, -0.25) is 14.9 Å². The van der Waals surface area contributed by atoms with E-state index in [0.29, 0.717) is 21.5 Å². The monoisotopic (exact) mass is 346 g/mol. The van der Waals surface area contributed by atoms with Gasteiger partial charge in [-0.15, -0.1) is 5.10 Å². The van der Waals surface area contributed by atoms with Crippen molar-refractivity contribution < 1.29 is 4.79 Å². The lowest BCUT2D eigenvalue weighted by Crippen LogP contribution is -2.30. The molecule has 0 bridgehead atoms. The molecule has 2 aromatic rings. The Morgan fingerprint density at radius 3 is 2.57 bits per heavy atom. The number of benzene rings is 1. The van der Waals surface area contributed by atoms with Crippen LogP contribution < -0.4 is 10.2 Å². The fourth-order valence-electron chi connectivity index (χ4n) is 2.02. The number of aromatic nitrogens is 1. The lowest BCUT2D eigenvalue weighted by atomic mass is 10.1. The van der Waals surface area contributed by atoms with E-state index >= 15 is 0 Å². The second-order valence-electron chi connectivity index (χ2n) is 4.90. The first-order chi connectivity index (χ1) is 11.1. The van der Waals surface area contributed by atoms with Crippen LogP contribution in [-0.4, -0.2) is 27.1 Å². The molecule has 0 unspecified atom stereocenters. The van der Waals surface area contributed by atoms with Gasteiger partial charge >= 0.3 is 4.87 Å². The van der Waals surface area contributed by atoms with Gasteiger partial charge in [-0.25, -0.2) is 0 Å². The van der Waals surface area contributed by atoms with Gasteiger partial charge in [0.15, 0.2) is 5.17 Å². The molecule has 6 nitrogen and oxygen atoms in total. The number of thioether (sulfide) groups is 1. The second-order valence-corrected chi connectivity index (χ2v) is 6.83. The van der Waals surface area contributed by atoms with Crippen molar-refractivity contribution in [2.24, 2.45) is 17.3 Å². The Morgan fingerprint density at radius 2 is 2.00 bits per heavy atom. The van der Waals surface area contributed by atoms with Crippen molar-refractivity contribution in [2.75, 3.05) is 5.75 Å². The van der Waals surface area contributed by atoms with E-state index in [4.69, 9.17) is 0 Å². The summed E-state index contributed by atoms with van der Waals surface area (Å²) in [5.41, 5.74) is 2.53. The molecule has 8 heteroatoms. The maximum Gasteiger partial charge on any atom is 0.307 e. The Hall–Kier alpha value is -2.19. The van der Waals surface area contributed by atoms with Crippen LogP contribution >= 0.6 is 23.1 Å². The van der Waals surface area contributed by atoms with Crippen LogP contribution in [0.2, 0.25) is 0 Å². The van der Waals surface area contributed by atoms with Crippen LogP contribution in [0.15, 0.2) is 45.3 Å². The van der Waals surface area contributed by atoms with Crippen LogP contribution in [0.4, 0.5) is 0 Å². The summed E-state index contributed by atoms with van der Waals surface area (Å²) in [7, 11) is 1.65. The fraction of sp³-hybridized carbons (Fsp3) is 0.200. The zero-order valence-electron chi connectivity index (χ0n) is 12.6. The van der Waals surface area contributed by atoms with E-state index in [1.807, 2.05) is 30.3 Å². The predicted molar refractivity (Wildman–Crippen MR) is 94.6 cm³/mol. The first-order valence-electron chi connectivity index (χ1n) is 6.87. The largest absolute Gasteiger partial charge is 0.307 e. The smallest absolute Gasteiger partial charge is 0.306 e. The van der Waals surface area contributed by atoms with Crippen molar-refractivity contribution in [3.05, 3.63) is 56.1 Å². The summed E-state index contributed by atoms with van der Waals surface area (Å²) in [5, 5.41) is 11.4. The molecule has 0 spiro atoms. The fourth-order valence-corrected chi connectivity index (χ4v) is 3.65. The molecule has 118 valence electrons. The predicted octanol–water partition coefficient (Wildman–Crippen LogP) is 1.99. The summed E-state index contributed by atoms with van der Waals surface area (Å²) in [6.07, 6.45) is 0. The van der Waals surface area contributed by atoms with Crippen molar-refractivity contribution in [1.82, 2.24) is 9.88 Å². The average molecular weight is 346 g/mol. The second kappa shape index (κ2) is 6.51. The van der Waals surface area contributed by atoms with Crippen molar-refractivity contribution in [3.63, 3.8) is 0 Å². The number of thiazole rings is 1. The van der Waals surface area contributed by atoms with Gasteiger partial charge in [-0.05, 0) is 12.5 Å². The maximum absolute atomic E-state index is 12.3. The third-order valence-electron chi connectivity index (χ3n) is 3.44. The van der Waals surface area contributed by atoms with Gasteiger partial charge < -0.3 is 4.57 Å². The van der Waals surface area contributed by atoms with Crippen LogP contribution in [0.3, 0.4) is 0 Å². The van der Waals surface area contributed by atoms with Crippen molar-refractivity contribution in [1.29, 1.82) is 0 Å². The van der Waals surface area contributed by atoms with E-state index in [1.165, 1.54) is 16.3 Å². The number of amides is 1. The van der Waals surface area contributed by atoms with Gasteiger partial charge in [0.2, 0.25) is 0 Å². The first kappa shape index (κ1) is 15.7. The molecular formula is C15H14N4O2S2. The number of carbonyl (C=O) groups is 1. The molecule has 1 amide bonds. The normalized spacial score (nSPS) is 14.2. The molecule has 3 rings (SSSR count). The third kappa shape index (κ3) is 3.27. The van der Waals surface area contributed by atoms with Crippen LogP contribution in [0.5, 0.6) is 0 Å². The minimum absolute atomic E-state index is 0.157. The van der Waals surface area contributed by atoms with Crippen LogP contribution in [-0.2, 0) is 7.05 Å². The van der Waals surface area contributed by atoms with Crippen LogP contribution in [0.1, 0.15) is 20.9 Å². The van der Waals surface area contributed by atoms with E-state index < -0.39 is 0 Å². The Morgan fingerprint density at radius 1 is 1.26 bits per heavy atom. The zero-order chi connectivity index (χ0) is 16.4. The molecule has 2 heterocycles. The number of amidine groups is 1. The number of carbonyl (C=O) groups excluding carboxylic acids is 1. The SMILES string of the molecule is Cc1c(C(=O)NC2=NN=C(c3ccccc3)CS2)sc(=O)n1C. The number of nitrogens with one attached hydrogen (secondary N) is 1. The molecule has 0 atom stereocenters. The maximum atomic E-state index is 12.3. The number of rotatable bonds is 2. The first-order valence-corrected chi connectivity index (χ1v) is 8.67. The van der Waals surface area contributed by atoms with Gasteiger partial charge in [0.1, 0.15) is 4.88 Å². The Labute approximate surface area is 140 Å². The highest BCUT2D eigenvalue weighted by molar-refractivity contribution is 8.14. The van der Waals surface area contributed by atoms with Crippen LogP contribution in [0.25, 0.3) is 0 Å². The highest BCUT2D eigenvalue weighted by atomic mass is 32.2. The van der Waals surface area contributed by atoms with Gasteiger partial charge in [0.25, 0.3) is 5.91 Å². The van der Waals surface area contributed by atoms with E-state index in [2.05, 4.69) is 15.5 Å². The summed E-state index contributed by atoms with van der Waals surface area (Å²) >= 11 is 2.34. The number of hydrogen-bond donors (Lipinski definition) is 1. The summed E-state index contributed by atoms with van der Waals surface area (Å²) in [6.45, 7) is 1.74. The van der Waals surface area contributed by atoms with Gasteiger partial charge in [-0.1, -0.05) is 53.4 Å². The van der Waals surface area contributed by atoms with Crippen LogP contribution in [0, 0.1) is 6.92 Å². The number of hydrogen-bond acceptors (Lipinski definition) is 6. The molecule has 0 saturated carbocycles. The Bertz CT molecular complexity index is 865. The van der Waals surface area contributed by atoms with Crippen molar-refractivity contribution in [2.45, 2.75) is 6.92 Å². The molecular weight excluding hydrogens is 332 g/mol. The zero-order valence-corrected chi connectivity index (χ0v) is 14.2. The summed E-state index contributed by atoms with van der Waals surface area (Å²) in [6, 6.07) is 9.79. The van der Waals surface area contributed by atoms with Gasteiger partial charge in [0.05, 0.1) is 5.71 Å². The topological polar surface area (TPSA) is 75.8 Å². The molecule has 1 N–H and O–H groups in total.